The van der Waals surface area contributed by atoms with Crippen molar-refractivity contribution in [1.82, 2.24) is 0 Å². The molecule has 4 aliphatic rings. The number of hydrogen-bond acceptors (Lipinski definition) is 2. The molecule has 2 nitrogen and oxygen atoms in total. The summed E-state index contributed by atoms with van der Waals surface area (Å²) in [4.78, 5) is 0. The Labute approximate surface area is 196 Å². The lowest BCUT2D eigenvalue weighted by Gasteiger charge is -2.54. The van der Waals surface area contributed by atoms with Gasteiger partial charge in [0.1, 0.15) is 12.1 Å². The van der Waals surface area contributed by atoms with E-state index in [0.717, 1.165) is 11.5 Å². The second-order valence-electron chi connectivity index (χ2n) is 11.4. The molecule has 4 fully saturated rings. The Bertz CT molecular complexity index is 851. The van der Waals surface area contributed by atoms with Crippen LogP contribution in [0.15, 0.2) is 12.1 Å². The predicted molar refractivity (Wildman–Crippen MR) is 131 cm³/mol. The summed E-state index contributed by atoms with van der Waals surface area (Å²) in [5.74, 6) is 1.32. The van der Waals surface area contributed by atoms with Gasteiger partial charge in [-0.05, 0) is 104 Å². The molecule has 32 heavy (non-hydrogen) atoms. The summed E-state index contributed by atoms with van der Waals surface area (Å²) in [7, 11) is 0. The van der Waals surface area contributed by atoms with Crippen LogP contribution in [0.25, 0.3) is 0 Å². The van der Waals surface area contributed by atoms with Crippen LogP contribution in [0.2, 0.25) is 0 Å². The molecule has 1 aromatic carbocycles. The molecule has 0 heterocycles. The van der Waals surface area contributed by atoms with Crippen molar-refractivity contribution < 1.29 is 0 Å². The van der Waals surface area contributed by atoms with Gasteiger partial charge in [-0.2, -0.15) is 10.5 Å². The van der Waals surface area contributed by atoms with E-state index in [4.69, 9.17) is 0 Å². The Morgan fingerprint density at radius 2 is 1.47 bits per heavy atom. The Morgan fingerprint density at radius 1 is 0.812 bits per heavy atom. The van der Waals surface area contributed by atoms with Crippen LogP contribution >= 0.6 is 0 Å². The van der Waals surface area contributed by atoms with Gasteiger partial charge in [0.2, 0.25) is 0 Å². The molecule has 4 aliphatic carbocycles. The molecular formula is C30H42N2. The highest BCUT2D eigenvalue weighted by Gasteiger charge is 2.49. The normalized spacial score (nSPS) is 31.8. The van der Waals surface area contributed by atoms with Crippen molar-refractivity contribution in [2.45, 2.75) is 128 Å². The highest BCUT2D eigenvalue weighted by atomic mass is 14.5. The first-order chi connectivity index (χ1) is 15.6. The van der Waals surface area contributed by atoms with Gasteiger partial charge >= 0.3 is 0 Å². The second-order valence-corrected chi connectivity index (χ2v) is 11.4. The minimum absolute atomic E-state index is 0.140. The van der Waals surface area contributed by atoms with Crippen molar-refractivity contribution in [3.8, 4) is 12.1 Å². The van der Waals surface area contributed by atoms with E-state index < -0.39 is 0 Å². The number of nitriles is 2. The lowest BCUT2D eigenvalue weighted by molar-refractivity contribution is 0.0319. The molecule has 0 N–H and O–H groups in total. The van der Waals surface area contributed by atoms with Crippen molar-refractivity contribution in [2.24, 2.45) is 11.3 Å². The highest BCUT2D eigenvalue weighted by Crippen LogP contribution is 2.60. The average Bonchev–Trinajstić information content (AvgIpc) is 2.85. The van der Waals surface area contributed by atoms with Crippen molar-refractivity contribution in [2.75, 3.05) is 0 Å². The van der Waals surface area contributed by atoms with Crippen molar-refractivity contribution in [1.29, 1.82) is 10.5 Å². The van der Waals surface area contributed by atoms with E-state index in [1.165, 1.54) is 114 Å². The third-order valence-corrected chi connectivity index (χ3v) is 9.72. The SMILES string of the molecule is CCCCC[C@H]1CC[C@H](c2ccc(C34CCC(CCC)(CC3)CC4)c(C#N)c2C#N)CC1. The molecular weight excluding hydrogens is 388 g/mol. The number of fused-ring (bicyclic) bond motifs is 3. The fourth-order valence-corrected chi connectivity index (χ4v) is 7.66. The maximum absolute atomic E-state index is 10.2. The topological polar surface area (TPSA) is 47.6 Å². The van der Waals surface area contributed by atoms with Gasteiger partial charge < -0.3 is 0 Å². The lowest BCUT2D eigenvalue weighted by atomic mass is 9.50. The second kappa shape index (κ2) is 10.00. The van der Waals surface area contributed by atoms with Crippen molar-refractivity contribution >= 4 is 0 Å². The molecule has 5 rings (SSSR count). The lowest BCUT2D eigenvalue weighted by Crippen LogP contribution is -2.44. The molecule has 0 radical (unpaired) electrons. The van der Waals surface area contributed by atoms with Crippen LogP contribution in [0.4, 0.5) is 0 Å². The standard InChI is InChI=1S/C30H42N2/c1-3-5-6-7-23-8-10-24(11-9-23)25-12-13-28(27(22-32)26(25)21-31)30-18-15-29(14-4-2,16-19-30)17-20-30/h12-13,23-24H,3-11,14-20H2,1-2H3/t23-,24-,29?,30?. The molecule has 172 valence electrons. The van der Waals surface area contributed by atoms with E-state index in [0.29, 0.717) is 16.9 Å². The Kier molecular flexibility index (Phi) is 7.30. The van der Waals surface area contributed by atoms with Gasteiger partial charge in [0.05, 0.1) is 11.1 Å². The first kappa shape index (κ1) is 23.4. The minimum atomic E-state index is 0.140. The summed E-state index contributed by atoms with van der Waals surface area (Å²) in [5.41, 5.74) is 4.52. The van der Waals surface area contributed by atoms with E-state index in [9.17, 15) is 10.5 Å². The predicted octanol–water partition coefficient (Wildman–Crippen LogP) is 8.68. The molecule has 0 spiro atoms. The summed E-state index contributed by atoms with van der Waals surface area (Å²) in [5, 5.41) is 20.4. The maximum Gasteiger partial charge on any atom is 0.101 e. The van der Waals surface area contributed by atoms with Crippen LogP contribution in [0.1, 0.15) is 145 Å². The number of hydrogen-bond donors (Lipinski definition) is 0. The number of benzene rings is 1. The third-order valence-electron chi connectivity index (χ3n) is 9.72. The molecule has 0 aliphatic heterocycles. The van der Waals surface area contributed by atoms with Crippen LogP contribution in [0.5, 0.6) is 0 Å². The van der Waals surface area contributed by atoms with Gasteiger partial charge in [-0.1, -0.05) is 58.1 Å². The molecule has 0 aromatic heterocycles. The fraction of sp³-hybridized carbons (Fsp3) is 0.733. The first-order valence-corrected chi connectivity index (χ1v) is 13.6. The van der Waals surface area contributed by atoms with Crippen LogP contribution < -0.4 is 0 Å². The third kappa shape index (κ3) is 4.36. The van der Waals surface area contributed by atoms with Crippen molar-refractivity contribution in [3.05, 3.63) is 34.4 Å². The van der Waals surface area contributed by atoms with E-state index in [1.54, 1.807) is 0 Å². The van der Waals surface area contributed by atoms with E-state index in [1.807, 2.05) is 0 Å². The van der Waals surface area contributed by atoms with Gasteiger partial charge in [0.15, 0.2) is 0 Å². The van der Waals surface area contributed by atoms with E-state index in [2.05, 4.69) is 38.1 Å². The average molecular weight is 431 g/mol. The summed E-state index contributed by atoms with van der Waals surface area (Å²) in [6, 6.07) is 9.56. The zero-order valence-corrected chi connectivity index (χ0v) is 20.5. The summed E-state index contributed by atoms with van der Waals surface area (Å²) >= 11 is 0. The molecule has 0 unspecified atom stereocenters. The Morgan fingerprint density at radius 3 is 2.03 bits per heavy atom. The van der Waals surface area contributed by atoms with Gasteiger partial charge in [-0.15, -0.1) is 0 Å². The summed E-state index contributed by atoms with van der Waals surface area (Å²) in [6.07, 6.45) is 20.5. The molecule has 0 atom stereocenters. The smallest absolute Gasteiger partial charge is 0.101 e. The van der Waals surface area contributed by atoms with Gasteiger partial charge in [0, 0.05) is 0 Å². The monoisotopic (exact) mass is 430 g/mol. The van der Waals surface area contributed by atoms with Crippen molar-refractivity contribution in [3.63, 3.8) is 0 Å². The molecule has 1 aromatic rings. The maximum atomic E-state index is 10.2. The summed E-state index contributed by atoms with van der Waals surface area (Å²) in [6.45, 7) is 4.59. The van der Waals surface area contributed by atoms with Gasteiger partial charge in [-0.3, -0.25) is 0 Å². The molecule has 2 heteroatoms. The molecule has 0 amide bonds. The zero-order valence-electron chi connectivity index (χ0n) is 20.5. The number of unbranched alkanes of at least 4 members (excludes halogenated alkanes) is 2. The Balaban J connectivity index is 1.54. The number of nitrogens with zero attached hydrogens (tertiary/aromatic N) is 2. The Hall–Kier alpha value is -1.80. The quantitative estimate of drug-likeness (QED) is 0.387. The minimum Gasteiger partial charge on any atom is -0.192 e. The largest absolute Gasteiger partial charge is 0.192 e. The molecule has 4 saturated carbocycles. The molecule has 0 saturated heterocycles. The van der Waals surface area contributed by atoms with E-state index >= 15 is 0 Å². The zero-order chi connectivity index (χ0) is 22.6. The van der Waals surface area contributed by atoms with Crippen LogP contribution in [-0.4, -0.2) is 0 Å². The molecule has 2 bridgehead atoms. The van der Waals surface area contributed by atoms with Gasteiger partial charge in [0.25, 0.3) is 0 Å². The van der Waals surface area contributed by atoms with Crippen LogP contribution in [-0.2, 0) is 5.41 Å². The fourth-order valence-electron chi connectivity index (χ4n) is 7.66. The number of rotatable bonds is 8. The van der Waals surface area contributed by atoms with E-state index in [-0.39, 0.29) is 5.41 Å². The summed E-state index contributed by atoms with van der Waals surface area (Å²) < 4.78 is 0. The van der Waals surface area contributed by atoms with Crippen LogP contribution in [0, 0.1) is 34.0 Å². The highest BCUT2D eigenvalue weighted by molar-refractivity contribution is 5.58. The van der Waals surface area contributed by atoms with Gasteiger partial charge in [-0.25, -0.2) is 0 Å². The van der Waals surface area contributed by atoms with Crippen LogP contribution in [0.3, 0.4) is 0 Å². The first-order valence-electron chi connectivity index (χ1n) is 13.6.